The standard InChI is InChI=1S/C29H41ClN4O.3ClH/c1-22(20-31-16-7-18-33-17-5-4-9-24(33)3)15-19-34-27-10-6-8-23(2)29(27)32-28(34)21-35-26-13-11-25(30)12-14-26;;;/h6,8,10-14,22,24,31H,4-5,7,9,15-21H2,1-3H3;3*1H. The fourth-order valence-electron chi connectivity index (χ4n) is 5.07. The molecule has 2 unspecified atom stereocenters. The molecular weight excluding hydrogens is 562 g/mol. The van der Waals surface area contributed by atoms with E-state index in [1.165, 1.54) is 49.9 Å². The third kappa shape index (κ3) is 9.76. The fourth-order valence-corrected chi connectivity index (χ4v) is 5.20. The number of nitrogens with zero attached hydrogens (tertiary/aromatic N) is 3. The van der Waals surface area contributed by atoms with Gasteiger partial charge in [-0.25, -0.2) is 4.98 Å². The minimum absolute atomic E-state index is 0. The van der Waals surface area contributed by atoms with Crippen LogP contribution < -0.4 is 10.1 Å². The largest absolute Gasteiger partial charge is 0.486 e. The average Bonchev–Trinajstić information content (AvgIpc) is 3.22. The highest BCUT2D eigenvalue weighted by molar-refractivity contribution is 6.30. The number of nitrogens with one attached hydrogen (secondary N) is 1. The van der Waals surface area contributed by atoms with Crippen LogP contribution in [0.25, 0.3) is 11.0 Å². The Balaban J connectivity index is 0.00000241. The number of aryl methyl sites for hydroxylation is 2. The molecule has 2 heterocycles. The van der Waals surface area contributed by atoms with E-state index in [1.807, 2.05) is 24.3 Å². The van der Waals surface area contributed by atoms with Crippen molar-refractivity contribution in [2.75, 3.05) is 26.2 Å². The highest BCUT2D eigenvalue weighted by Crippen LogP contribution is 2.23. The van der Waals surface area contributed by atoms with Crippen LogP contribution in [0, 0.1) is 12.8 Å². The lowest BCUT2D eigenvalue weighted by Crippen LogP contribution is -2.39. The van der Waals surface area contributed by atoms with Crippen LogP contribution >= 0.6 is 48.8 Å². The van der Waals surface area contributed by atoms with Crippen molar-refractivity contribution in [2.24, 2.45) is 5.92 Å². The molecule has 4 rings (SSSR count). The number of halogens is 4. The van der Waals surface area contributed by atoms with Gasteiger partial charge in [-0.15, -0.1) is 37.2 Å². The van der Waals surface area contributed by atoms with E-state index in [0.29, 0.717) is 17.5 Å². The van der Waals surface area contributed by atoms with Crippen LogP contribution in [0.2, 0.25) is 5.02 Å². The highest BCUT2D eigenvalue weighted by Gasteiger charge is 2.17. The lowest BCUT2D eigenvalue weighted by atomic mass is 10.0. The zero-order valence-electron chi connectivity index (χ0n) is 22.8. The van der Waals surface area contributed by atoms with Gasteiger partial charge in [-0.2, -0.15) is 0 Å². The van der Waals surface area contributed by atoms with Gasteiger partial charge in [-0.05, 0) is 108 Å². The second-order valence-corrected chi connectivity index (χ2v) is 10.6. The van der Waals surface area contributed by atoms with Crippen molar-refractivity contribution >= 4 is 59.9 Å². The number of likely N-dealkylation sites (tertiary alicyclic amines) is 1. The van der Waals surface area contributed by atoms with Gasteiger partial charge in [0.1, 0.15) is 18.2 Å². The van der Waals surface area contributed by atoms with Gasteiger partial charge >= 0.3 is 0 Å². The number of hydrogen-bond acceptors (Lipinski definition) is 4. The van der Waals surface area contributed by atoms with Crippen molar-refractivity contribution in [3.8, 4) is 5.75 Å². The molecule has 0 saturated carbocycles. The Labute approximate surface area is 252 Å². The molecule has 0 radical (unpaired) electrons. The topological polar surface area (TPSA) is 42.3 Å². The molecule has 0 amide bonds. The van der Waals surface area contributed by atoms with Gasteiger partial charge in [-0.1, -0.05) is 37.1 Å². The summed E-state index contributed by atoms with van der Waals surface area (Å²) in [5.74, 6) is 2.37. The Hall–Kier alpha value is -1.21. The molecule has 5 nitrogen and oxygen atoms in total. The molecule has 1 saturated heterocycles. The number of para-hydroxylation sites is 1. The first-order valence-electron chi connectivity index (χ1n) is 13.3. The monoisotopic (exact) mass is 604 g/mol. The second-order valence-electron chi connectivity index (χ2n) is 10.2. The van der Waals surface area contributed by atoms with Crippen LogP contribution in [0.15, 0.2) is 42.5 Å². The molecule has 0 spiro atoms. The van der Waals surface area contributed by atoms with E-state index in [9.17, 15) is 0 Å². The summed E-state index contributed by atoms with van der Waals surface area (Å²) < 4.78 is 8.39. The van der Waals surface area contributed by atoms with Crippen molar-refractivity contribution in [1.82, 2.24) is 19.8 Å². The molecule has 2 aromatic carbocycles. The van der Waals surface area contributed by atoms with Gasteiger partial charge < -0.3 is 19.5 Å². The smallest absolute Gasteiger partial charge is 0.148 e. The van der Waals surface area contributed by atoms with Crippen LogP contribution in [-0.2, 0) is 13.2 Å². The Morgan fingerprint density at radius 1 is 1.08 bits per heavy atom. The van der Waals surface area contributed by atoms with E-state index in [2.05, 4.69) is 53.8 Å². The predicted molar refractivity (Wildman–Crippen MR) is 168 cm³/mol. The summed E-state index contributed by atoms with van der Waals surface area (Å²) in [6, 6.07) is 14.7. The number of benzene rings is 2. The minimum atomic E-state index is 0. The maximum Gasteiger partial charge on any atom is 0.148 e. The molecule has 1 aliphatic heterocycles. The van der Waals surface area contributed by atoms with Crippen molar-refractivity contribution in [3.63, 3.8) is 0 Å². The van der Waals surface area contributed by atoms with Crippen molar-refractivity contribution in [2.45, 2.75) is 72.1 Å². The van der Waals surface area contributed by atoms with Crippen molar-refractivity contribution < 1.29 is 4.74 Å². The number of imidazole rings is 1. The van der Waals surface area contributed by atoms with Gasteiger partial charge in [0.25, 0.3) is 0 Å². The van der Waals surface area contributed by atoms with Crippen LogP contribution in [-0.4, -0.2) is 46.7 Å². The molecule has 1 aliphatic rings. The van der Waals surface area contributed by atoms with Crippen LogP contribution in [0.4, 0.5) is 0 Å². The van der Waals surface area contributed by atoms with Crippen LogP contribution in [0.5, 0.6) is 5.75 Å². The van der Waals surface area contributed by atoms with E-state index in [1.54, 1.807) is 0 Å². The molecule has 0 bridgehead atoms. The van der Waals surface area contributed by atoms with E-state index >= 15 is 0 Å². The molecule has 1 fully saturated rings. The molecule has 1 aromatic heterocycles. The van der Waals surface area contributed by atoms with E-state index < -0.39 is 0 Å². The van der Waals surface area contributed by atoms with E-state index in [0.717, 1.165) is 49.2 Å². The lowest BCUT2D eigenvalue weighted by molar-refractivity contribution is 0.158. The zero-order chi connectivity index (χ0) is 24.6. The summed E-state index contributed by atoms with van der Waals surface area (Å²) in [4.78, 5) is 7.61. The molecular formula is C29H44Cl4N4O. The molecule has 214 valence electrons. The van der Waals surface area contributed by atoms with Crippen LogP contribution in [0.3, 0.4) is 0 Å². The summed E-state index contributed by atoms with van der Waals surface area (Å²) in [6.07, 6.45) is 6.45. The molecule has 9 heteroatoms. The number of piperidine rings is 1. The lowest BCUT2D eigenvalue weighted by Gasteiger charge is -2.33. The maximum absolute atomic E-state index is 6.05. The molecule has 38 heavy (non-hydrogen) atoms. The molecule has 3 aromatic rings. The molecule has 2 atom stereocenters. The van der Waals surface area contributed by atoms with Gasteiger partial charge in [0.05, 0.1) is 11.0 Å². The molecule has 1 N–H and O–H groups in total. The summed E-state index contributed by atoms with van der Waals surface area (Å²) in [6.45, 7) is 12.9. The minimum Gasteiger partial charge on any atom is -0.486 e. The zero-order valence-corrected chi connectivity index (χ0v) is 26.0. The highest BCUT2D eigenvalue weighted by atomic mass is 35.5. The Kier molecular flexibility index (Phi) is 16.0. The predicted octanol–water partition coefficient (Wildman–Crippen LogP) is 7.72. The SMILES string of the molecule is Cc1cccc2c1nc(COc1ccc(Cl)cc1)n2CCC(C)CNCCCN1CCCCC1C.Cl.Cl.Cl. The average molecular weight is 607 g/mol. The summed E-state index contributed by atoms with van der Waals surface area (Å²) in [7, 11) is 0. The quantitative estimate of drug-likeness (QED) is 0.215. The molecule has 0 aliphatic carbocycles. The van der Waals surface area contributed by atoms with Gasteiger partial charge in [0.15, 0.2) is 0 Å². The fraction of sp³-hybridized carbons (Fsp3) is 0.552. The van der Waals surface area contributed by atoms with Crippen LogP contribution in [0.1, 0.15) is 57.3 Å². The maximum atomic E-state index is 6.05. The van der Waals surface area contributed by atoms with E-state index in [-0.39, 0.29) is 37.2 Å². The third-order valence-electron chi connectivity index (χ3n) is 7.32. The van der Waals surface area contributed by atoms with Crippen molar-refractivity contribution in [3.05, 3.63) is 58.9 Å². The summed E-state index contributed by atoms with van der Waals surface area (Å²) in [5.41, 5.74) is 3.46. The summed E-state index contributed by atoms with van der Waals surface area (Å²) >= 11 is 6.01. The number of hydrogen-bond donors (Lipinski definition) is 1. The van der Waals surface area contributed by atoms with Gasteiger partial charge in [0.2, 0.25) is 0 Å². The number of aromatic nitrogens is 2. The Morgan fingerprint density at radius 3 is 2.58 bits per heavy atom. The Morgan fingerprint density at radius 2 is 1.84 bits per heavy atom. The van der Waals surface area contributed by atoms with Crippen molar-refractivity contribution in [1.29, 1.82) is 0 Å². The Bertz CT molecular complexity index is 1080. The first-order chi connectivity index (χ1) is 17.0. The number of fused-ring (bicyclic) bond motifs is 1. The first-order valence-corrected chi connectivity index (χ1v) is 13.7. The van der Waals surface area contributed by atoms with Gasteiger partial charge in [-0.3, -0.25) is 0 Å². The number of ether oxygens (including phenoxy) is 1. The number of rotatable bonds is 12. The third-order valence-corrected chi connectivity index (χ3v) is 7.57. The first kappa shape index (κ1) is 34.8. The normalized spacial score (nSPS) is 16.3. The second kappa shape index (κ2) is 17.5. The van der Waals surface area contributed by atoms with Gasteiger partial charge in [0, 0.05) is 17.6 Å². The summed E-state index contributed by atoms with van der Waals surface area (Å²) in [5, 5.41) is 4.41. The van der Waals surface area contributed by atoms with E-state index in [4.69, 9.17) is 21.3 Å².